The summed E-state index contributed by atoms with van der Waals surface area (Å²) in [4.78, 5) is 11.6. The van der Waals surface area contributed by atoms with E-state index < -0.39 is 0 Å². The van der Waals surface area contributed by atoms with Crippen molar-refractivity contribution in [1.29, 1.82) is 0 Å². The van der Waals surface area contributed by atoms with E-state index in [1.54, 1.807) is 0 Å². The first-order chi connectivity index (χ1) is 12.5. The number of nitrogens with zero attached hydrogens (tertiary/aromatic N) is 2. The van der Waals surface area contributed by atoms with Crippen LogP contribution in [0, 0.1) is 0 Å². The minimum atomic E-state index is 0.265. The van der Waals surface area contributed by atoms with Gasteiger partial charge in [0.2, 0.25) is 5.95 Å². The summed E-state index contributed by atoms with van der Waals surface area (Å²) in [7, 11) is 0. The molecule has 0 aliphatic carbocycles. The molecule has 2 aromatic heterocycles. The van der Waals surface area contributed by atoms with Crippen LogP contribution in [-0.4, -0.2) is 34.2 Å². The number of rotatable bonds is 8. The van der Waals surface area contributed by atoms with Crippen molar-refractivity contribution >= 4 is 40.1 Å². The summed E-state index contributed by atoms with van der Waals surface area (Å²) in [6.07, 6.45) is 4.06. The molecule has 0 radical (unpaired) electrons. The topological polar surface area (TPSA) is 62.8 Å². The molecule has 2 heterocycles. The Labute approximate surface area is 163 Å². The van der Waals surface area contributed by atoms with Crippen LogP contribution in [0.3, 0.4) is 0 Å². The monoisotopic (exact) mass is 392 g/mol. The number of fused-ring (bicyclic) bond motifs is 1. The third kappa shape index (κ3) is 5.10. The summed E-state index contributed by atoms with van der Waals surface area (Å²) in [5.74, 6) is 0.440. The van der Waals surface area contributed by atoms with E-state index in [1.165, 1.54) is 22.6 Å². The molecule has 26 heavy (non-hydrogen) atoms. The number of H-pyrrole nitrogens is 1. The number of hydrogen-bond donors (Lipinski definition) is 2. The van der Waals surface area contributed by atoms with Gasteiger partial charge in [0.25, 0.3) is 0 Å². The van der Waals surface area contributed by atoms with Gasteiger partial charge >= 0.3 is 0 Å². The van der Waals surface area contributed by atoms with Crippen LogP contribution in [0.25, 0.3) is 10.9 Å². The lowest BCUT2D eigenvalue weighted by atomic mass is 10.1. The summed E-state index contributed by atoms with van der Waals surface area (Å²) in [6, 6.07) is 8.03. The third-order valence-electron chi connectivity index (χ3n) is 4.01. The molecule has 0 unspecified atom stereocenters. The van der Waals surface area contributed by atoms with Gasteiger partial charge in [-0.15, -0.1) is 0 Å². The van der Waals surface area contributed by atoms with Crippen LogP contribution in [-0.2, 0) is 17.6 Å². The first kappa shape index (κ1) is 19.0. The molecule has 0 bridgehead atoms. The average molecular weight is 393 g/mol. The maximum absolute atomic E-state index is 5.89. The Morgan fingerprint density at radius 1 is 1.12 bits per heavy atom. The molecule has 0 aliphatic rings. The van der Waals surface area contributed by atoms with Crippen LogP contribution in [0.4, 0.5) is 5.95 Å². The molecule has 0 aliphatic heterocycles. The zero-order chi connectivity index (χ0) is 18.5. The summed E-state index contributed by atoms with van der Waals surface area (Å²) < 4.78 is 5.63. The second-order valence-corrected chi connectivity index (χ2v) is 7.15. The van der Waals surface area contributed by atoms with Crippen molar-refractivity contribution in [2.24, 2.45) is 0 Å². The summed E-state index contributed by atoms with van der Waals surface area (Å²) in [5, 5.41) is 5.04. The van der Waals surface area contributed by atoms with Gasteiger partial charge in [-0.1, -0.05) is 35.3 Å². The average Bonchev–Trinajstić information content (AvgIpc) is 2.96. The fraction of sp³-hybridized carbons (Fsp3) is 0.368. The quantitative estimate of drug-likeness (QED) is 0.535. The van der Waals surface area contributed by atoms with Crippen LogP contribution in [0.2, 0.25) is 10.3 Å². The fourth-order valence-electron chi connectivity index (χ4n) is 2.79. The molecule has 0 amide bonds. The van der Waals surface area contributed by atoms with Crippen molar-refractivity contribution in [2.75, 3.05) is 18.5 Å². The molecule has 2 N–H and O–H groups in total. The van der Waals surface area contributed by atoms with Gasteiger partial charge in [0.05, 0.1) is 12.7 Å². The number of halogens is 2. The molecular formula is C19H22Cl2N4O. The lowest BCUT2D eigenvalue weighted by Gasteiger charge is -2.07. The molecular weight excluding hydrogens is 371 g/mol. The van der Waals surface area contributed by atoms with E-state index in [2.05, 4.69) is 52.3 Å². The number of anilines is 1. The number of nitrogens with one attached hydrogen (secondary N) is 2. The van der Waals surface area contributed by atoms with Gasteiger partial charge in [0, 0.05) is 29.7 Å². The highest BCUT2D eigenvalue weighted by atomic mass is 35.5. The first-order valence-electron chi connectivity index (χ1n) is 8.65. The summed E-state index contributed by atoms with van der Waals surface area (Å²) in [6.45, 7) is 5.53. The first-order valence-corrected chi connectivity index (χ1v) is 9.41. The lowest BCUT2D eigenvalue weighted by molar-refractivity contribution is 0.0814. The van der Waals surface area contributed by atoms with E-state index in [0.29, 0.717) is 22.8 Å². The minimum absolute atomic E-state index is 0.265. The van der Waals surface area contributed by atoms with Crippen LogP contribution in [0.5, 0.6) is 0 Å². The second-order valence-electron chi connectivity index (χ2n) is 6.38. The fourth-order valence-corrected chi connectivity index (χ4v) is 3.21. The zero-order valence-corrected chi connectivity index (χ0v) is 16.4. The highest BCUT2D eigenvalue weighted by molar-refractivity contribution is 6.33. The predicted octanol–water partition coefficient (Wildman–Crippen LogP) is 4.89. The minimum Gasteiger partial charge on any atom is -0.378 e. The Hall–Kier alpha value is -1.82. The van der Waals surface area contributed by atoms with Crippen LogP contribution in [0.15, 0.2) is 30.5 Å². The lowest BCUT2D eigenvalue weighted by Crippen LogP contribution is -2.08. The molecule has 1 aromatic carbocycles. The van der Waals surface area contributed by atoms with Gasteiger partial charge in [-0.3, -0.25) is 0 Å². The normalized spacial score (nSPS) is 11.4. The number of benzene rings is 1. The highest BCUT2D eigenvalue weighted by Crippen LogP contribution is 2.21. The Balaban J connectivity index is 1.60. The molecule has 5 nitrogen and oxygen atoms in total. The number of aromatic nitrogens is 3. The van der Waals surface area contributed by atoms with Crippen LogP contribution >= 0.6 is 23.2 Å². The highest BCUT2D eigenvalue weighted by Gasteiger charge is 2.06. The molecule has 0 saturated heterocycles. The van der Waals surface area contributed by atoms with E-state index in [1.807, 2.05) is 6.20 Å². The molecule has 3 rings (SSSR count). The standard InChI is InChI=1S/C19H22Cl2N4O/c1-12(2)26-8-6-13-3-4-15-14(11-23-16(15)9-13)5-7-22-19-24-17(20)10-18(21)25-19/h3-4,9-12,23H,5-8H2,1-2H3,(H,22,24,25). The summed E-state index contributed by atoms with van der Waals surface area (Å²) >= 11 is 11.8. The van der Waals surface area contributed by atoms with Gasteiger partial charge in [-0.2, -0.15) is 0 Å². The van der Waals surface area contributed by atoms with Crippen LogP contribution in [0.1, 0.15) is 25.0 Å². The number of ether oxygens (including phenoxy) is 1. The molecule has 7 heteroatoms. The van der Waals surface area contributed by atoms with E-state index in [0.717, 1.165) is 25.0 Å². The van der Waals surface area contributed by atoms with Gasteiger partial charge in [-0.05, 0) is 43.9 Å². The third-order valence-corrected chi connectivity index (χ3v) is 4.40. The maximum Gasteiger partial charge on any atom is 0.225 e. The van der Waals surface area contributed by atoms with Crippen molar-refractivity contribution in [3.8, 4) is 0 Å². The largest absolute Gasteiger partial charge is 0.378 e. The maximum atomic E-state index is 5.89. The number of aromatic amines is 1. The molecule has 0 saturated carbocycles. The van der Waals surface area contributed by atoms with E-state index >= 15 is 0 Å². The number of hydrogen-bond acceptors (Lipinski definition) is 4. The van der Waals surface area contributed by atoms with E-state index in [-0.39, 0.29) is 6.10 Å². The molecule has 3 aromatic rings. The zero-order valence-electron chi connectivity index (χ0n) is 14.9. The molecule has 0 fully saturated rings. The van der Waals surface area contributed by atoms with E-state index in [4.69, 9.17) is 27.9 Å². The SMILES string of the molecule is CC(C)OCCc1ccc2c(CCNc3nc(Cl)cc(Cl)n3)c[nH]c2c1. The second kappa shape index (κ2) is 8.71. The van der Waals surface area contributed by atoms with Gasteiger partial charge in [0.1, 0.15) is 10.3 Å². The smallest absolute Gasteiger partial charge is 0.225 e. The molecule has 0 atom stereocenters. The van der Waals surface area contributed by atoms with Gasteiger partial charge in [-0.25, -0.2) is 9.97 Å². The van der Waals surface area contributed by atoms with Crippen molar-refractivity contribution in [3.63, 3.8) is 0 Å². The van der Waals surface area contributed by atoms with Gasteiger partial charge < -0.3 is 15.0 Å². The van der Waals surface area contributed by atoms with Crippen molar-refractivity contribution in [2.45, 2.75) is 32.8 Å². The molecule has 0 spiro atoms. The Kier molecular flexibility index (Phi) is 6.35. The molecule has 138 valence electrons. The predicted molar refractivity (Wildman–Crippen MR) is 107 cm³/mol. The Morgan fingerprint density at radius 2 is 1.88 bits per heavy atom. The van der Waals surface area contributed by atoms with Crippen molar-refractivity contribution in [1.82, 2.24) is 15.0 Å². The van der Waals surface area contributed by atoms with Crippen LogP contribution < -0.4 is 5.32 Å². The summed E-state index contributed by atoms with van der Waals surface area (Å²) in [5.41, 5.74) is 3.65. The Bertz CT molecular complexity index is 859. The Morgan fingerprint density at radius 3 is 2.62 bits per heavy atom. The van der Waals surface area contributed by atoms with E-state index in [9.17, 15) is 0 Å². The van der Waals surface area contributed by atoms with Crippen molar-refractivity contribution in [3.05, 3.63) is 51.9 Å². The van der Waals surface area contributed by atoms with Crippen molar-refractivity contribution < 1.29 is 4.74 Å². The van der Waals surface area contributed by atoms with Gasteiger partial charge in [0.15, 0.2) is 0 Å².